The number of ether oxygens (including phenoxy) is 1. The van der Waals surface area contributed by atoms with Crippen molar-refractivity contribution in [2.75, 3.05) is 0 Å². The van der Waals surface area contributed by atoms with Gasteiger partial charge in [0.2, 0.25) is 0 Å². The number of rotatable bonds is 13. The standard InChI is InChI=1S/C19H28O4/c1-2-3-5-10-18(13-11-17(20)12-14-19(21)22)23-15-16-8-6-4-7-9-16/h4,6-9,18H,2-3,5,10-15H2,1H3,(H,21,22). The van der Waals surface area contributed by atoms with Crippen molar-refractivity contribution in [1.82, 2.24) is 0 Å². The van der Waals surface area contributed by atoms with Crippen LogP contribution in [-0.4, -0.2) is 23.0 Å². The van der Waals surface area contributed by atoms with Crippen molar-refractivity contribution in [3.05, 3.63) is 35.9 Å². The van der Waals surface area contributed by atoms with Crippen LogP contribution >= 0.6 is 0 Å². The van der Waals surface area contributed by atoms with Crippen LogP contribution in [0.5, 0.6) is 0 Å². The summed E-state index contributed by atoms with van der Waals surface area (Å²) in [5.41, 5.74) is 1.13. The summed E-state index contributed by atoms with van der Waals surface area (Å²) in [6.07, 6.45) is 5.55. The molecule has 0 saturated carbocycles. The summed E-state index contributed by atoms with van der Waals surface area (Å²) in [7, 11) is 0. The van der Waals surface area contributed by atoms with E-state index in [4.69, 9.17) is 9.84 Å². The van der Waals surface area contributed by atoms with Gasteiger partial charge in [0.25, 0.3) is 0 Å². The van der Waals surface area contributed by atoms with Gasteiger partial charge in [-0.05, 0) is 18.4 Å². The van der Waals surface area contributed by atoms with Gasteiger partial charge >= 0.3 is 5.97 Å². The minimum Gasteiger partial charge on any atom is -0.481 e. The van der Waals surface area contributed by atoms with Crippen molar-refractivity contribution in [3.63, 3.8) is 0 Å². The quantitative estimate of drug-likeness (QED) is 0.548. The zero-order valence-electron chi connectivity index (χ0n) is 14.0. The molecule has 0 aliphatic heterocycles. The maximum atomic E-state index is 11.7. The first kappa shape index (κ1) is 19.4. The van der Waals surface area contributed by atoms with E-state index in [1.807, 2.05) is 30.3 Å². The zero-order valence-corrected chi connectivity index (χ0v) is 14.0. The number of carbonyl (C=O) groups excluding carboxylic acids is 1. The van der Waals surface area contributed by atoms with Crippen molar-refractivity contribution in [2.45, 2.75) is 71.0 Å². The highest BCUT2D eigenvalue weighted by molar-refractivity contribution is 5.82. The van der Waals surface area contributed by atoms with Crippen LogP contribution in [0.15, 0.2) is 30.3 Å². The van der Waals surface area contributed by atoms with E-state index in [2.05, 4.69) is 6.92 Å². The molecule has 4 heteroatoms. The number of aliphatic carboxylic acids is 1. The van der Waals surface area contributed by atoms with Gasteiger partial charge in [-0.3, -0.25) is 9.59 Å². The van der Waals surface area contributed by atoms with Gasteiger partial charge < -0.3 is 9.84 Å². The third-order valence-corrected chi connectivity index (χ3v) is 3.82. The smallest absolute Gasteiger partial charge is 0.303 e. The van der Waals surface area contributed by atoms with E-state index in [0.29, 0.717) is 19.4 Å². The molecule has 0 aliphatic rings. The second kappa shape index (κ2) is 11.8. The molecule has 0 amide bonds. The summed E-state index contributed by atoms with van der Waals surface area (Å²) in [6, 6.07) is 10.0. The van der Waals surface area contributed by atoms with Crippen molar-refractivity contribution < 1.29 is 19.4 Å². The Kier molecular flexibility index (Phi) is 9.96. The molecule has 4 nitrogen and oxygen atoms in total. The van der Waals surface area contributed by atoms with Gasteiger partial charge in [0.15, 0.2) is 0 Å². The molecule has 0 aliphatic carbocycles. The molecule has 0 saturated heterocycles. The Labute approximate surface area is 138 Å². The summed E-state index contributed by atoms with van der Waals surface area (Å²) in [5.74, 6) is -0.908. The van der Waals surface area contributed by atoms with E-state index in [1.165, 1.54) is 0 Å². The minimum absolute atomic E-state index is 0.0104. The molecule has 1 N–H and O–H groups in total. The third-order valence-electron chi connectivity index (χ3n) is 3.82. The lowest BCUT2D eigenvalue weighted by atomic mass is 10.0. The van der Waals surface area contributed by atoms with Crippen LogP contribution in [0.4, 0.5) is 0 Å². The van der Waals surface area contributed by atoms with Gasteiger partial charge in [-0.1, -0.05) is 56.5 Å². The van der Waals surface area contributed by atoms with Crippen LogP contribution in [-0.2, 0) is 20.9 Å². The molecule has 0 spiro atoms. The molecular formula is C19H28O4. The number of hydrogen-bond donors (Lipinski definition) is 1. The number of ketones is 1. The highest BCUT2D eigenvalue weighted by Crippen LogP contribution is 2.15. The van der Waals surface area contributed by atoms with Gasteiger partial charge in [0.1, 0.15) is 5.78 Å². The number of carboxylic acid groups (broad SMARTS) is 1. The van der Waals surface area contributed by atoms with Crippen molar-refractivity contribution in [1.29, 1.82) is 0 Å². The normalized spacial score (nSPS) is 12.0. The van der Waals surface area contributed by atoms with Crippen LogP contribution in [0.3, 0.4) is 0 Å². The second-order valence-corrected chi connectivity index (χ2v) is 5.89. The Bertz CT molecular complexity index is 456. The van der Waals surface area contributed by atoms with E-state index in [1.54, 1.807) is 0 Å². The summed E-state index contributed by atoms with van der Waals surface area (Å²) < 4.78 is 5.98. The first-order valence-corrected chi connectivity index (χ1v) is 8.50. The monoisotopic (exact) mass is 320 g/mol. The molecule has 1 aromatic rings. The van der Waals surface area contributed by atoms with Crippen LogP contribution in [0, 0.1) is 0 Å². The molecule has 1 aromatic carbocycles. The largest absolute Gasteiger partial charge is 0.481 e. The summed E-state index contributed by atoms with van der Waals surface area (Å²) in [5, 5.41) is 8.62. The predicted molar refractivity (Wildman–Crippen MR) is 90.3 cm³/mol. The van der Waals surface area contributed by atoms with Crippen molar-refractivity contribution in [2.24, 2.45) is 0 Å². The Hall–Kier alpha value is -1.68. The van der Waals surface area contributed by atoms with Gasteiger partial charge in [0.05, 0.1) is 19.1 Å². The molecule has 0 heterocycles. The molecule has 0 radical (unpaired) electrons. The van der Waals surface area contributed by atoms with Crippen LogP contribution in [0.25, 0.3) is 0 Å². The highest BCUT2D eigenvalue weighted by Gasteiger charge is 2.13. The van der Waals surface area contributed by atoms with Crippen LogP contribution < -0.4 is 0 Å². The number of hydrogen-bond acceptors (Lipinski definition) is 3. The lowest BCUT2D eigenvalue weighted by Crippen LogP contribution is -2.15. The van der Waals surface area contributed by atoms with E-state index in [9.17, 15) is 9.59 Å². The number of Topliss-reactive ketones (excluding diaryl/α,β-unsaturated/α-hetero) is 1. The minimum atomic E-state index is -0.918. The Morgan fingerprint density at radius 3 is 2.43 bits per heavy atom. The van der Waals surface area contributed by atoms with Crippen LogP contribution in [0.2, 0.25) is 0 Å². The zero-order chi connectivity index (χ0) is 16.9. The second-order valence-electron chi connectivity index (χ2n) is 5.89. The summed E-state index contributed by atoms with van der Waals surface area (Å²) in [4.78, 5) is 22.2. The molecule has 128 valence electrons. The van der Waals surface area contributed by atoms with Crippen molar-refractivity contribution in [3.8, 4) is 0 Å². The third kappa shape index (κ3) is 9.84. The highest BCUT2D eigenvalue weighted by atomic mass is 16.5. The van der Waals surface area contributed by atoms with E-state index in [-0.39, 0.29) is 24.7 Å². The molecule has 23 heavy (non-hydrogen) atoms. The van der Waals surface area contributed by atoms with E-state index < -0.39 is 5.97 Å². The van der Waals surface area contributed by atoms with Crippen molar-refractivity contribution >= 4 is 11.8 Å². The van der Waals surface area contributed by atoms with Gasteiger partial charge in [-0.25, -0.2) is 0 Å². The average molecular weight is 320 g/mol. The molecule has 1 atom stereocenters. The number of carbonyl (C=O) groups is 2. The molecule has 1 rings (SSSR count). The SMILES string of the molecule is CCCCCC(CCC(=O)CCC(=O)O)OCc1ccccc1. The molecular weight excluding hydrogens is 292 g/mol. The van der Waals surface area contributed by atoms with E-state index >= 15 is 0 Å². The maximum Gasteiger partial charge on any atom is 0.303 e. The Morgan fingerprint density at radius 2 is 1.78 bits per heavy atom. The summed E-state index contributed by atoms with van der Waals surface area (Å²) >= 11 is 0. The first-order chi connectivity index (χ1) is 11.1. The fraction of sp³-hybridized carbons (Fsp3) is 0.579. The Balaban J connectivity index is 2.38. The molecule has 0 fully saturated rings. The number of benzene rings is 1. The average Bonchev–Trinajstić information content (AvgIpc) is 2.56. The molecule has 1 unspecified atom stereocenters. The first-order valence-electron chi connectivity index (χ1n) is 8.50. The lowest BCUT2D eigenvalue weighted by molar-refractivity contribution is -0.138. The maximum absolute atomic E-state index is 11.7. The Morgan fingerprint density at radius 1 is 1.04 bits per heavy atom. The fourth-order valence-corrected chi connectivity index (χ4v) is 2.41. The fourth-order valence-electron chi connectivity index (χ4n) is 2.41. The lowest BCUT2D eigenvalue weighted by Gasteiger charge is -2.18. The molecule has 0 aromatic heterocycles. The van der Waals surface area contributed by atoms with Gasteiger partial charge in [0, 0.05) is 12.8 Å². The number of unbranched alkanes of at least 4 members (excludes halogenated alkanes) is 2. The van der Waals surface area contributed by atoms with Gasteiger partial charge in [-0.15, -0.1) is 0 Å². The van der Waals surface area contributed by atoms with Crippen LogP contribution in [0.1, 0.15) is 63.9 Å². The number of carboxylic acids is 1. The topological polar surface area (TPSA) is 63.6 Å². The van der Waals surface area contributed by atoms with Gasteiger partial charge in [-0.2, -0.15) is 0 Å². The summed E-state index contributed by atoms with van der Waals surface area (Å²) in [6.45, 7) is 2.72. The molecule has 0 bridgehead atoms. The predicted octanol–water partition coefficient (Wildman–Crippen LogP) is 4.37. The van der Waals surface area contributed by atoms with E-state index in [0.717, 1.165) is 31.2 Å².